The van der Waals surface area contributed by atoms with Gasteiger partial charge in [-0.1, -0.05) is 23.4 Å². The third-order valence-electron chi connectivity index (χ3n) is 4.30. The quantitative estimate of drug-likeness (QED) is 0.515. The van der Waals surface area contributed by atoms with Crippen LogP contribution >= 0.6 is 23.4 Å². The van der Waals surface area contributed by atoms with Gasteiger partial charge in [-0.25, -0.2) is 9.97 Å². The number of nitrogens with one attached hydrogen (secondary N) is 1. The Kier molecular flexibility index (Phi) is 7.70. The smallest absolute Gasteiger partial charge is 0.336 e. The van der Waals surface area contributed by atoms with E-state index >= 15 is 0 Å². The largest absolute Gasteiger partial charge is 0.417 e. The van der Waals surface area contributed by atoms with Crippen LogP contribution < -0.4 is 5.32 Å². The van der Waals surface area contributed by atoms with Gasteiger partial charge in [0.25, 0.3) is 0 Å². The maximum Gasteiger partial charge on any atom is 0.417 e. The Hall–Kier alpha value is -2.33. The zero-order valence-corrected chi connectivity index (χ0v) is 18.3. The number of amides is 2. The fourth-order valence-corrected chi connectivity index (χ4v) is 3.47. The van der Waals surface area contributed by atoms with E-state index in [-0.39, 0.29) is 23.9 Å². The lowest BCUT2D eigenvalue weighted by atomic mass is 10.2. The van der Waals surface area contributed by atoms with Gasteiger partial charge in [0.1, 0.15) is 0 Å². The van der Waals surface area contributed by atoms with Crippen molar-refractivity contribution in [3.8, 4) is 0 Å². The molecule has 162 valence electrons. The molecule has 1 aromatic carbocycles. The monoisotopic (exact) mass is 460 g/mol. The van der Waals surface area contributed by atoms with E-state index in [1.165, 1.54) is 18.0 Å². The number of carbonyl (C=O) groups excluding carboxylic acids is 2. The van der Waals surface area contributed by atoms with Crippen molar-refractivity contribution in [3.05, 3.63) is 45.7 Å². The Balaban J connectivity index is 1.93. The lowest BCUT2D eigenvalue weighted by molar-refractivity contribution is -0.137. The summed E-state index contributed by atoms with van der Waals surface area (Å²) < 4.78 is 38.7. The van der Waals surface area contributed by atoms with Crippen LogP contribution in [0.3, 0.4) is 0 Å². The number of hydrogen-bond acceptors (Lipinski definition) is 5. The van der Waals surface area contributed by atoms with Crippen molar-refractivity contribution in [2.75, 3.05) is 24.7 Å². The molecule has 2 rings (SSSR count). The molecule has 1 N–H and O–H groups in total. The fourth-order valence-electron chi connectivity index (χ4n) is 2.37. The van der Waals surface area contributed by atoms with E-state index in [1.807, 2.05) is 20.8 Å². The van der Waals surface area contributed by atoms with Gasteiger partial charge < -0.3 is 10.2 Å². The number of anilines is 1. The van der Waals surface area contributed by atoms with E-state index in [1.54, 1.807) is 0 Å². The first kappa shape index (κ1) is 23.9. The van der Waals surface area contributed by atoms with Crippen LogP contribution in [0.1, 0.15) is 22.5 Å². The van der Waals surface area contributed by atoms with Crippen molar-refractivity contribution < 1.29 is 22.8 Å². The highest BCUT2D eigenvalue weighted by atomic mass is 35.5. The van der Waals surface area contributed by atoms with Gasteiger partial charge >= 0.3 is 6.18 Å². The second-order valence-corrected chi connectivity index (χ2v) is 7.93. The average molecular weight is 461 g/mol. The van der Waals surface area contributed by atoms with Crippen LogP contribution in [-0.4, -0.2) is 46.0 Å². The minimum Gasteiger partial charge on any atom is -0.336 e. The first-order valence-electron chi connectivity index (χ1n) is 8.73. The van der Waals surface area contributed by atoms with Gasteiger partial charge in [-0.2, -0.15) is 13.2 Å². The summed E-state index contributed by atoms with van der Waals surface area (Å²) in [5.74, 6) is -0.962. The summed E-state index contributed by atoms with van der Waals surface area (Å²) >= 11 is 6.70. The molecule has 1 aromatic heterocycles. The number of likely N-dealkylation sites (N-methyl/N-ethyl adjacent to an activating group) is 1. The zero-order valence-electron chi connectivity index (χ0n) is 16.7. The van der Waals surface area contributed by atoms with Crippen molar-refractivity contribution in [2.24, 2.45) is 0 Å². The molecule has 0 saturated carbocycles. The van der Waals surface area contributed by atoms with Gasteiger partial charge in [0.05, 0.1) is 22.9 Å². The molecule has 0 aliphatic rings. The maximum absolute atomic E-state index is 12.9. The van der Waals surface area contributed by atoms with Crippen LogP contribution in [0.25, 0.3) is 0 Å². The summed E-state index contributed by atoms with van der Waals surface area (Å²) in [5.41, 5.74) is 1.52. The average Bonchev–Trinajstić information content (AvgIpc) is 2.64. The number of halogens is 4. The number of aryl methyl sites for hydroxylation is 2. The van der Waals surface area contributed by atoms with Crippen LogP contribution in [-0.2, 0) is 15.8 Å². The number of thioether (sulfide) groups is 1. The molecule has 1 heterocycles. The van der Waals surface area contributed by atoms with Gasteiger partial charge in [0.15, 0.2) is 5.16 Å². The van der Waals surface area contributed by atoms with Crippen LogP contribution in [0.4, 0.5) is 18.9 Å². The van der Waals surface area contributed by atoms with E-state index < -0.39 is 22.7 Å². The Bertz CT molecular complexity index is 946. The molecule has 30 heavy (non-hydrogen) atoms. The molecule has 0 radical (unpaired) electrons. The van der Waals surface area contributed by atoms with Gasteiger partial charge in [-0.05, 0) is 44.5 Å². The predicted molar refractivity (Wildman–Crippen MR) is 110 cm³/mol. The second kappa shape index (κ2) is 9.65. The van der Waals surface area contributed by atoms with Crippen LogP contribution in [0, 0.1) is 20.8 Å². The third-order valence-corrected chi connectivity index (χ3v) is 5.46. The molecule has 0 unspecified atom stereocenters. The van der Waals surface area contributed by atoms with Gasteiger partial charge in [-0.3, -0.25) is 9.59 Å². The maximum atomic E-state index is 12.9. The zero-order chi connectivity index (χ0) is 22.6. The third kappa shape index (κ3) is 6.33. The summed E-state index contributed by atoms with van der Waals surface area (Å²) in [6.45, 7) is 5.30. The minimum absolute atomic E-state index is 0.0187. The summed E-state index contributed by atoms with van der Waals surface area (Å²) in [5, 5.41) is 2.34. The molecule has 2 amide bonds. The normalized spacial score (nSPS) is 11.3. The lowest BCUT2D eigenvalue weighted by Gasteiger charge is -2.17. The molecule has 0 aliphatic heterocycles. The van der Waals surface area contributed by atoms with Crippen molar-refractivity contribution in [2.45, 2.75) is 32.1 Å². The van der Waals surface area contributed by atoms with Crippen LogP contribution in [0.15, 0.2) is 23.4 Å². The summed E-state index contributed by atoms with van der Waals surface area (Å²) in [6, 6.07) is 3.06. The Morgan fingerprint density at radius 2 is 1.77 bits per heavy atom. The number of carbonyl (C=O) groups is 2. The fraction of sp³-hybridized carbons (Fsp3) is 0.368. The molecule has 0 saturated heterocycles. The summed E-state index contributed by atoms with van der Waals surface area (Å²) in [4.78, 5) is 34.2. The molecule has 0 spiro atoms. The Morgan fingerprint density at radius 3 is 2.33 bits per heavy atom. The van der Waals surface area contributed by atoms with E-state index in [4.69, 9.17) is 11.6 Å². The highest BCUT2D eigenvalue weighted by Gasteiger charge is 2.33. The number of rotatable bonds is 6. The molecule has 11 heteroatoms. The second-order valence-electron chi connectivity index (χ2n) is 6.58. The molecule has 0 atom stereocenters. The molecular formula is C19H20ClF3N4O2S. The van der Waals surface area contributed by atoms with Gasteiger partial charge in [0, 0.05) is 24.1 Å². The van der Waals surface area contributed by atoms with Crippen molar-refractivity contribution >= 4 is 40.9 Å². The highest BCUT2D eigenvalue weighted by Crippen LogP contribution is 2.36. The molecular weight excluding hydrogens is 441 g/mol. The van der Waals surface area contributed by atoms with Crippen molar-refractivity contribution in [1.29, 1.82) is 0 Å². The number of aromatic nitrogens is 2. The summed E-state index contributed by atoms with van der Waals surface area (Å²) in [7, 11) is 1.43. The Labute approximate surface area is 181 Å². The van der Waals surface area contributed by atoms with Gasteiger partial charge in [0.2, 0.25) is 11.8 Å². The Morgan fingerprint density at radius 1 is 1.17 bits per heavy atom. The van der Waals surface area contributed by atoms with Crippen LogP contribution in [0.5, 0.6) is 0 Å². The topological polar surface area (TPSA) is 75.2 Å². The number of nitrogens with zero attached hydrogens (tertiary/aromatic N) is 3. The number of alkyl halides is 3. The van der Waals surface area contributed by atoms with Crippen molar-refractivity contribution in [1.82, 2.24) is 14.9 Å². The molecule has 0 aliphatic carbocycles. The predicted octanol–water partition coefficient (Wildman–Crippen LogP) is 4.26. The van der Waals surface area contributed by atoms with E-state index in [9.17, 15) is 22.8 Å². The number of hydrogen-bond donors (Lipinski definition) is 1. The van der Waals surface area contributed by atoms with Crippen LogP contribution in [0.2, 0.25) is 5.02 Å². The summed E-state index contributed by atoms with van der Waals surface area (Å²) in [6.07, 6.45) is -4.64. The first-order valence-corrected chi connectivity index (χ1v) is 10.1. The first-order chi connectivity index (χ1) is 13.9. The molecule has 0 bridgehead atoms. The molecule has 2 aromatic rings. The molecule has 0 fully saturated rings. The molecule has 6 nitrogen and oxygen atoms in total. The lowest BCUT2D eigenvalue weighted by Crippen LogP contribution is -2.36. The standard InChI is InChI=1S/C19H20ClF3N4O2S/c1-10-11(2)24-18(25-12(10)3)30-9-17(29)27(4)8-16(28)26-13-5-6-15(20)14(7-13)19(21,22)23/h5-7H,8-9H2,1-4H3,(H,26,28). The SMILES string of the molecule is Cc1nc(SCC(=O)N(C)CC(=O)Nc2ccc(Cl)c(C(F)(F)F)c2)nc(C)c1C. The van der Waals surface area contributed by atoms with Gasteiger partial charge in [-0.15, -0.1) is 0 Å². The minimum atomic E-state index is -4.64. The van der Waals surface area contributed by atoms with E-state index in [2.05, 4.69) is 15.3 Å². The highest BCUT2D eigenvalue weighted by molar-refractivity contribution is 7.99. The van der Waals surface area contributed by atoms with E-state index in [0.29, 0.717) is 5.16 Å². The van der Waals surface area contributed by atoms with E-state index in [0.717, 1.165) is 40.8 Å². The van der Waals surface area contributed by atoms with Crippen molar-refractivity contribution in [3.63, 3.8) is 0 Å². The number of benzene rings is 1.